The molecule has 26 heavy (non-hydrogen) atoms. The van der Waals surface area contributed by atoms with Crippen molar-refractivity contribution in [2.24, 2.45) is 0 Å². The number of rotatable bonds is 4. The maximum atomic E-state index is 12.9. The maximum absolute atomic E-state index is 12.9. The van der Waals surface area contributed by atoms with Crippen LogP contribution in [0.2, 0.25) is 0 Å². The van der Waals surface area contributed by atoms with Gasteiger partial charge in [0.25, 0.3) is 5.91 Å². The molecule has 5 nitrogen and oxygen atoms in total. The number of phenols is 3. The third kappa shape index (κ3) is 3.46. The zero-order valence-corrected chi connectivity index (χ0v) is 16.2. The largest absolute Gasteiger partial charge is 0.508 e. The third-order valence-corrected chi connectivity index (χ3v) is 4.84. The van der Waals surface area contributed by atoms with E-state index in [9.17, 15) is 20.1 Å². The average molecular weight is 346 g/mol. The van der Waals surface area contributed by atoms with E-state index in [4.69, 9.17) is 0 Å². The molecular formula is C16H22B5NO4. The molecule has 0 aliphatic rings. The van der Waals surface area contributed by atoms with Crippen molar-refractivity contribution in [1.29, 1.82) is 0 Å². The van der Waals surface area contributed by atoms with E-state index in [1.165, 1.54) is 0 Å². The number of aromatic hydroxyl groups is 3. The van der Waals surface area contributed by atoms with Gasteiger partial charge in [0, 0.05) is 16.8 Å². The molecule has 2 aromatic rings. The Morgan fingerprint density at radius 1 is 1.04 bits per heavy atom. The Morgan fingerprint density at radius 2 is 1.65 bits per heavy atom. The summed E-state index contributed by atoms with van der Waals surface area (Å²) in [7, 11) is 6.60. The standard InChI is InChI=1S/C16H22B5NO4/c1-6-4-9(7(2)15(25)13(6)23)16(26)22-11-5-10(20-17)14(24)8(3)12(11)21(18)19/h4-5,20,23-25H,17-19H2,1-3H3,(H,22,26). The van der Waals surface area contributed by atoms with Gasteiger partial charge in [-0.05, 0) is 44.0 Å². The lowest BCUT2D eigenvalue weighted by Gasteiger charge is -2.20. The second-order valence-corrected chi connectivity index (χ2v) is 7.00. The molecule has 0 atom stereocenters. The van der Waals surface area contributed by atoms with Gasteiger partial charge in [-0.25, -0.2) is 0 Å². The van der Waals surface area contributed by atoms with E-state index in [0.29, 0.717) is 29.5 Å². The molecule has 0 radical (unpaired) electrons. The van der Waals surface area contributed by atoms with Crippen LogP contribution in [-0.2, 0) is 0 Å². The van der Waals surface area contributed by atoms with E-state index in [1.807, 2.05) is 30.1 Å². The van der Waals surface area contributed by atoms with Crippen LogP contribution in [0.5, 0.6) is 17.2 Å². The fourth-order valence-electron chi connectivity index (χ4n) is 3.32. The second kappa shape index (κ2) is 7.48. The first kappa shape index (κ1) is 20.0. The SMILES string of the molecule is BBc1cc(NC(=O)c2cc(C)c(O)c(O)c2C)c(B(B)B)c(C)c1O. The Labute approximate surface area is 157 Å². The first-order valence-corrected chi connectivity index (χ1v) is 8.78. The van der Waals surface area contributed by atoms with E-state index in [1.54, 1.807) is 26.0 Å². The predicted molar refractivity (Wildman–Crippen MR) is 118 cm³/mol. The van der Waals surface area contributed by atoms with Crippen molar-refractivity contribution >= 4 is 59.4 Å². The van der Waals surface area contributed by atoms with Gasteiger partial charge >= 0.3 is 0 Å². The van der Waals surface area contributed by atoms with Crippen molar-refractivity contribution in [2.75, 3.05) is 5.32 Å². The molecule has 0 bridgehead atoms. The lowest BCUT2D eigenvalue weighted by atomic mass is 9.16. The van der Waals surface area contributed by atoms with Crippen molar-refractivity contribution in [3.05, 3.63) is 34.4 Å². The number of benzene rings is 2. The Bertz CT molecular complexity index is 886. The highest BCUT2D eigenvalue weighted by atomic mass is 16.3. The minimum Gasteiger partial charge on any atom is -0.508 e. The fourth-order valence-corrected chi connectivity index (χ4v) is 3.32. The van der Waals surface area contributed by atoms with Crippen molar-refractivity contribution in [1.82, 2.24) is 0 Å². The predicted octanol–water partition coefficient (Wildman–Crippen LogP) is -2.45. The van der Waals surface area contributed by atoms with E-state index in [0.717, 1.165) is 16.5 Å². The first-order valence-electron chi connectivity index (χ1n) is 8.78. The topological polar surface area (TPSA) is 89.8 Å². The summed E-state index contributed by atoms with van der Waals surface area (Å²) in [6, 6.07) is 3.36. The quantitative estimate of drug-likeness (QED) is 0.281. The molecule has 0 aliphatic carbocycles. The van der Waals surface area contributed by atoms with E-state index in [2.05, 4.69) is 5.32 Å². The van der Waals surface area contributed by atoms with Crippen LogP contribution in [0.25, 0.3) is 0 Å². The fraction of sp³-hybridized carbons (Fsp3) is 0.188. The molecule has 130 valence electrons. The second-order valence-electron chi connectivity index (χ2n) is 7.00. The van der Waals surface area contributed by atoms with E-state index >= 15 is 0 Å². The van der Waals surface area contributed by atoms with Crippen LogP contribution in [-0.4, -0.2) is 58.1 Å². The molecule has 0 aromatic heterocycles. The summed E-state index contributed by atoms with van der Waals surface area (Å²) in [5.74, 6) is -0.593. The van der Waals surface area contributed by atoms with Crippen LogP contribution in [0.15, 0.2) is 12.1 Å². The van der Waals surface area contributed by atoms with Crippen molar-refractivity contribution in [2.45, 2.75) is 20.8 Å². The number of hydrogen-bond donors (Lipinski definition) is 4. The molecule has 0 aliphatic heterocycles. The molecule has 0 heterocycles. The summed E-state index contributed by atoms with van der Waals surface area (Å²) in [6.45, 7) is 5.18. The Hall–Kier alpha value is -2.37. The molecule has 4 N–H and O–H groups in total. The van der Waals surface area contributed by atoms with Gasteiger partial charge in [0.1, 0.15) is 19.4 Å². The minimum absolute atomic E-state index is 0.109. The number of amides is 1. The van der Waals surface area contributed by atoms with Gasteiger partial charge < -0.3 is 20.6 Å². The van der Waals surface area contributed by atoms with Crippen LogP contribution >= 0.6 is 0 Å². The van der Waals surface area contributed by atoms with Crippen LogP contribution < -0.4 is 16.2 Å². The molecular weight excluding hydrogens is 324 g/mol. The summed E-state index contributed by atoms with van der Waals surface area (Å²) in [5.41, 5.74) is 4.12. The lowest BCUT2D eigenvalue weighted by molar-refractivity contribution is 0.102. The van der Waals surface area contributed by atoms with Gasteiger partial charge in [0.15, 0.2) is 11.5 Å². The Morgan fingerprint density at radius 3 is 2.19 bits per heavy atom. The maximum Gasteiger partial charge on any atom is 0.256 e. The number of nitrogens with one attached hydrogen (secondary N) is 1. The highest BCUT2D eigenvalue weighted by molar-refractivity contribution is 7.35. The molecule has 2 rings (SSSR count). The van der Waals surface area contributed by atoms with Crippen LogP contribution in [0.4, 0.5) is 5.69 Å². The molecule has 0 saturated heterocycles. The van der Waals surface area contributed by atoms with Gasteiger partial charge in [0.2, 0.25) is 0 Å². The summed E-state index contributed by atoms with van der Waals surface area (Å²) in [5, 5.41) is 33.2. The Balaban J connectivity index is 2.55. The average Bonchev–Trinajstić information content (AvgIpc) is 2.58. The molecule has 10 heteroatoms. The number of aryl methyl sites for hydroxylation is 1. The smallest absolute Gasteiger partial charge is 0.256 e. The van der Waals surface area contributed by atoms with Gasteiger partial charge in [0.05, 0.1) is 23.2 Å². The van der Waals surface area contributed by atoms with Gasteiger partial charge in [-0.2, -0.15) is 0 Å². The zero-order chi connectivity index (χ0) is 19.8. The Kier molecular flexibility index (Phi) is 5.74. The minimum atomic E-state index is -0.366. The normalized spacial score (nSPS) is 10.4. The molecule has 2 aromatic carbocycles. The molecule has 0 spiro atoms. The monoisotopic (exact) mass is 347 g/mol. The molecule has 0 saturated carbocycles. The van der Waals surface area contributed by atoms with Gasteiger partial charge in [-0.3, -0.25) is 4.79 Å². The third-order valence-electron chi connectivity index (χ3n) is 4.84. The summed E-state index contributed by atoms with van der Waals surface area (Å²) in [6.07, 6.45) is 0. The number of phenolic OH excluding ortho intramolecular Hbond substituents is 3. The van der Waals surface area contributed by atoms with Crippen LogP contribution in [0, 0.1) is 20.8 Å². The van der Waals surface area contributed by atoms with E-state index < -0.39 is 0 Å². The van der Waals surface area contributed by atoms with Crippen molar-refractivity contribution < 1.29 is 20.1 Å². The number of carbonyl (C=O) groups is 1. The van der Waals surface area contributed by atoms with E-state index in [-0.39, 0.29) is 29.7 Å². The molecule has 0 unspecified atom stereocenters. The van der Waals surface area contributed by atoms with Crippen molar-refractivity contribution in [3.63, 3.8) is 0 Å². The highest BCUT2D eigenvalue weighted by Crippen LogP contribution is 2.34. The first-order chi connectivity index (χ1) is 12.1. The van der Waals surface area contributed by atoms with Crippen LogP contribution in [0.3, 0.4) is 0 Å². The zero-order valence-electron chi connectivity index (χ0n) is 16.2. The number of hydrogen-bond acceptors (Lipinski definition) is 4. The molecule has 0 fully saturated rings. The van der Waals surface area contributed by atoms with Crippen LogP contribution in [0.1, 0.15) is 27.0 Å². The molecule has 1 amide bonds. The summed E-state index contributed by atoms with van der Waals surface area (Å²) in [4.78, 5) is 12.9. The van der Waals surface area contributed by atoms with Gasteiger partial charge in [-0.1, -0.05) is 10.9 Å². The lowest BCUT2D eigenvalue weighted by Crippen LogP contribution is -2.39. The summed E-state index contributed by atoms with van der Waals surface area (Å²) >= 11 is 0. The summed E-state index contributed by atoms with van der Waals surface area (Å²) < 4.78 is 0. The number of carbonyl (C=O) groups excluding carboxylic acids is 1. The number of anilines is 1. The highest BCUT2D eigenvalue weighted by Gasteiger charge is 2.21. The van der Waals surface area contributed by atoms with Gasteiger partial charge in [-0.15, -0.1) is 0 Å². The van der Waals surface area contributed by atoms with Crippen molar-refractivity contribution in [3.8, 4) is 17.2 Å².